The average molecular weight is 520 g/mol. The van der Waals surface area contributed by atoms with Crippen LogP contribution < -0.4 is 16.0 Å². The van der Waals surface area contributed by atoms with Gasteiger partial charge < -0.3 is 9.47 Å². The summed E-state index contributed by atoms with van der Waals surface area (Å²) in [5.41, 5.74) is 0.683. The maximum absolute atomic E-state index is 13.3. The van der Waals surface area contributed by atoms with E-state index in [1.54, 1.807) is 20.8 Å². The minimum absolute atomic E-state index is 0.105. The number of esters is 1. The topological polar surface area (TPSA) is 92.4 Å². The van der Waals surface area contributed by atoms with E-state index in [1.807, 2.05) is 54.6 Å². The van der Waals surface area contributed by atoms with Gasteiger partial charge in [0, 0.05) is 12.5 Å². The molecule has 1 saturated carbocycles. The van der Waals surface area contributed by atoms with Gasteiger partial charge in [-0.3, -0.25) is 9.36 Å². The lowest BCUT2D eigenvalue weighted by atomic mass is 10.0. The zero-order valence-corrected chi connectivity index (χ0v) is 22.5. The van der Waals surface area contributed by atoms with Gasteiger partial charge in [-0.05, 0) is 69.7 Å². The highest BCUT2D eigenvalue weighted by molar-refractivity contribution is 5.79. The van der Waals surface area contributed by atoms with Crippen molar-refractivity contribution in [1.82, 2.24) is 14.3 Å². The van der Waals surface area contributed by atoms with E-state index in [4.69, 9.17) is 9.47 Å². The fraction of sp³-hybridized carbons (Fsp3) is 0.467. The van der Waals surface area contributed by atoms with Gasteiger partial charge in [-0.2, -0.15) is 5.10 Å². The first-order chi connectivity index (χ1) is 18.3. The Kier molecular flexibility index (Phi) is 8.81. The Hall–Kier alpha value is -3.68. The minimum Gasteiger partial charge on any atom is -0.476 e. The summed E-state index contributed by atoms with van der Waals surface area (Å²) in [6.45, 7) is 6.05. The molecule has 202 valence electrons. The molecule has 8 nitrogen and oxygen atoms in total. The number of aryl methyl sites for hydroxylation is 2. The summed E-state index contributed by atoms with van der Waals surface area (Å²) in [5, 5.41) is 4.58. The van der Waals surface area contributed by atoms with E-state index in [9.17, 15) is 14.4 Å². The van der Waals surface area contributed by atoms with E-state index in [0.717, 1.165) is 36.8 Å². The smallest absolute Gasteiger partial charge is 0.349 e. The molecule has 4 rings (SSSR count). The number of hydrogen-bond donors (Lipinski definition) is 0. The molecule has 1 aromatic heterocycles. The molecule has 0 aliphatic heterocycles. The second kappa shape index (κ2) is 12.2. The summed E-state index contributed by atoms with van der Waals surface area (Å²) in [4.78, 5) is 38.8. The summed E-state index contributed by atoms with van der Waals surface area (Å²) in [7, 11) is 0. The molecule has 0 unspecified atom stereocenters. The third kappa shape index (κ3) is 6.60. The van der Waals surface area contributed by atoms with Crippen LogP contribution in [0.25, 0.3) is 0 Å². The van der Waals surface area contributed by atoms with Crippen LogP contribution in [0.15, 0.2) is 64.2 Å². The zero-order valence-electron chi connectivity index (χ0n) is 22.5. The van der Waals surface area contributed by atoms with Crippen molar-refractivity contribution in [1.29, 1.82) is 0 Å². The van der Waals surface area contributed by atoms with Crippen LogP contribution in [-0.4, -0.2) is 32.5 Å². The SMILES string of the molecule is CCOC(=O)C(C)(C)Oc1cccc(CCCn2nc(C3CCCC3)c(=O)n(Cc3ccccc3)c2=O)c1. The first-order valence-corrected chi connectivity index (χ1v) is 13.5. The van der Waals surface area contributed by atoms with E-state index < -0.39 is 11.6 Å². The predicted octanol–water partition coefficient (Wildman–Crippen LogP) is 4.46. The Morgan fingerprint density at radius 1 is 1.03 bits per heavy atom. The molecule has 0 saturated heterocycles. The van der Waals surface area contributed by atoms with Crippen LogP contribution in [0, 0.1) is 0 Å². The molecular formula is C30H37N3O5. The molecule has 0 spiro atoms. The van der Waals surface area contributed by atoms with Crippen molar-refractivity contribution in [2.24, 2.45) is 0 Å². The molecule has 1 fully saturated rings. The van der Waals surface area contributed by atoms with Crippen molar-refractivity contribution < 1.29 is 14.3 Å². The van der Waals surface area contributed by atoms with Crippen molar-refractivity contribution in [3.63, 3.8) is 0 Å². The molecular weight excluding hydrogens is 482 g/mol. The lowest BCUT2D eigenvalue weighted by Crippen LogP contribution is -2.44. The molecule has 0 N–H and O–H groups in total. The normalized spacial score (nSPS) is 14.0. The first-order valence-electron chi connectivity index (χ1n) is 13.5. The van der Waals surface area contributed by atoms with Crippen LogP contribution in [0.3, 0.4) is 0 Å². The van der Waals surface area contributed by atoms with E-state index in [1.165, 1.54) is 9.25 Å². The third-order valence-corrected chi connectivity index (χ3v) is 6.94. The van der Waals surface area contributed by atoms with E-state index in [-0.39, 0.29) is 23.7 Å². The Bertz CT molecular complexity index is 1350. The Morgan fingerprint density at radius 2 is 1.74 bits per heavy atom. The van der Waals surface area contributed by atoms with Gasteiger partial charge in [0.15, 0.2) is 5.60 Å². The van der Waals surface area contributed by atoms with Crippen molar-refractivity contribution >= 4 is 5.97 Å². The lowest BCUT2D eigenvalue weighted by molar-refractivity contribution is -0.158. The molecule has 3 aromatic rings. The Morgan fingerprint density at radius 3 is 2.45 bits per heavy atom. The maximum Gasteiger partial charge on any atom is 0.349 e. The van der Waals surface area contributed by atoms with Crippen LogP contribution in [0.1, 0.15) is 75.6 Å². The fourth-order valence-electron chi connectivity index (χ4n) is 4.93. The van der Waals surface area contributed by atoms with Gasteiger partial charge in [-0.1, -0.05) is 55.3 Å². The van der Waals surface area contributed by atoms with Crippen LogP contribution in [0.5, 0.6) is 5.75 Å². The van der Waals surface area contributed by atoms with Crippen molar-refractivity contribution in [3.05, 3.63) is 92.3 Å². The van der Waals surface area contributed by atoms with Gasteiger partial charge in [0.05, 0.1) is 13.2 Å². The van der Waals surface area contributed by atoms with Crippen LogP contribution in [-0.2, 0) is 29.0 Å². The monoisotopic (exact) mass is 519 g/mol. The molecule has 0 amide bonds. The molecule has 0 bridgehead atoms. The summed E-state index contributed by atoms with van der Waals surface area (Å²) in [5.74, 6) is 0.267. The lowest BCUT2D eigenvalue weighted by Gasteiger charge is -2.24. The number of ether oxygens (including phenoxy) is 2. The number of carbonyl (C=O) groups excluding carboxylic acids is 1. The fourth-order valence-corrected chi connectivity index (χ4v) is 4.93. The van der Waals surface area contributed by atoms with Crippen molar-refractivity contribution in [2.45, 2.75) is 83.9 Å². The van der Waals surface area contributed by atoms with Gasteiger partial charge in [0.1, 0.15) is 11.4 Å². The maximum atomic E-state index is 13.3. The van der Waals surface area contributed by atoms with Crippen LogP contribution in [0.2, 0.25) is 0 Å². The minimum atomic E-state index is -1.10. The standard InChI is InChI=1S/C30H37N3O5/c1-4-37-28(35)30(2,3)38-25-18-10-14-22(20-25)15-11-19-33-29(36)32(21-23-12-6-5-7-13-23)27(34)26(31-33)24-16-8-9-17-24/h5-7,10,12-14,18,20,24H,4,8-9,11,15-17,19,21H2,1-3H3. The number of carbonyl (C=O) groups is 1. The molecule has 1 aliphatic carbocycles. The number of hydrogen-bond acceptors (Lipinski definition) is 6. The predicted molar refractivity (Wildman–Crippen MR) is 146 cm³/mol. The Labute approximate surface area is 223 Å². The van der Waals surface area contributed by atoms with Gasteiger partial charge in [-0.15, -0.1) is 0 Å². The molecule has 2 aromatic carbocycles. The van der Waals surface area contributed by atoms with Gasteiger partial charge in [0.2, 0.25) is 0 Å². The number of aromatic nitrogens is 3. The number of rotatable bonds is 11. The Balaban J connectivity index is 1.51. The summed E-state index contributed by atoms with van der Waals surface area (Å²) >= 11 is 0. The second-order valence-corrected chi connectivity index (χ2v) is 10.3. The highest BCUT2D eigenvalue weighted by Gasteiger charge is 2.31. The van der Waals surface area contributed by atoms with Crippen LogP contribution in [0.4, 0.5) is 0 Å². The molecule has 8 heteroatoms. The average Bonchev–Trinajstić information content (AvgIpc) is 3.43. The van der Waals surface area contributed by atoms with E-state index in [0.29, 0.717) is 37.4 Å². The summed E-state index contributed by atoms with van der Waals surface area (Å²) in [6, 6.07) is 17.2. The van der Waals surface area contributed by atoms with E-state index >= 15 is 0 Å². The molecule has 1 heterocycles. The molecule has 1 aliphatic rings. The van der Waals surface area contributed by atoms with Gasteiger partial charge in [0.25, 0.3) is 5.56 Å². The van der Waals surface area contributed by atoms with Gasteiger partial charge in [-0.25, -0.2) is 14.3 Å². The summed E-state index contributed by atoms with van der Waals surface area (Å²) in [6.07, 6.45) is 5.36. The van der Waals surface area contributed by atoms with Gasteiger partial charge >= 0.3 is 11.7 Å². The molecule has 0 atom stereocenters. The third-order valence-electron chi connectivity index (χ3n) is 6.94. The highest BCUT2D eigenvalue weighted by Crippen LogP contribution is 2.31. The molecule has 0 radical (unpaired) electrons. The second-order valence-electron chi connectivity index (χ2n) is 10.3. The zero-order chi connectivity index (χ0) is 27.1. The quantitative estimate of drug-likeness (QED) is 0.347. The highest BCUT2D eigenvalue weighted by atomic mass is 16.6. The number of nitrogens with zero attached hydrogens (tertiary/aromatic N) is 3. The van der Waals surface area contributed by atoms with Crippen LogP contribution >= 0.6 is 0 Å². The van der Waals surface area contributed by atoms with Crippen molar-refractivity contribution in [2.75, 3.05) is 6.61 Å². The summed E-state index contributed by atoms with van der Waals surface area (Å²) < 4.78 is 13.8. The first kappa shape index (κ1) is 27.4. The number of benzene rings is 2. The molecule has 38 heavy (non-hydrogen) atoms. The van der Waals surface area contributed by atoms with E-state index in [2.05, 4.69) is 5.10 Å². The van der Waals surface area contributed by atoms with Crippen molar-refractivity contribution in [3.8, 4) is 5.75 Å². The largest absolute Gasteiger partial charge is 0.476 e.